The Kier molecular flexibility index (Phi) is 5.97. The first-order valence-corrected chi connectivity index (χ1v) is 10.5. The molecule has 2 aromatic rings. The summed E-state index contributed by atoms with van der Waals surface area (Å²) >= 11 is 0. The number of rotatable bonds is 6. The zero-order valence-electron chi connectivity index (χ0n) is 17.2. The second-order valence-electron chi connectivity index (χ2n) is 8.20. The molecule has 2 aliphatic heterocycles. The number of anilines is 1. The lowest BCUT2D eigenvalue weighted by Crippen LogP contribution is -2.38. The van der Waals surface area contributed by atoms with Crippen molar-refractivity contribution >= 4 is 23.4 Å². The normalized spacial score (nSPS) is 20.5. The molecule has 0 radical (unpaired) electrons. The van der Waals surface area contributed by atoms with Crippen molar-refractivity contribution < 1.29 is 18.8 Å². The van der Waals surface area contributed by atoms with Gasteiger partial charge in [0.1, 0.15) is 5.82 Å². The van der Waals surface area contributed by atoms with Gasteiger partial charge in [-0.05, 0) is 43.2 Å². The smallest absolute Gasteiger partial charge is 0.231 e. The molecule has 4 rings (SSSR count). The van der Waals surface area contributed by atoms with Gasteiger partial charge in [-0.1, -0.05) is 12.1 Å². The minimum absolute atomic E-state index is 0.0125. The second-order valence-corrected chi connectivity index (χ2v) is 8.20. The van der Waals surface area contributed by atoms with E-state index in [0.717, 1.165) is 12.1 Å². The number of likely N-dealkylation sites (tertiary alicyclic amines) is 2. The predicted octanol–water partition coefficient (Wildman–Crippen LogP) is 2.59. The molecule has 162 valence electrons. The van der Waals surface area contributed by atoms with E-state index < -0.39 is 11.2 Å². The molecule has 3 amide bonds. The van der Waals surface area contributed by atoms with Crippen molar-refractivity contribution in [2.75, 3.05) is 25.0 Å². The van der Waals surface area contributed by atoms with Crippen molar-refractivity contribution in [1.29, 1.82) is 0 Å². The van der Waals surface area contributed by atoms with Crippen molar-refractivity contribution in [2.45, 2.75) is 32.2 Å². The number of hydrogen-bond acceptors (Lipinski definition) is 4. The molecule has 2 saturated heterocycles. The number of hydrogen-bond donors (Lipinski definition) is 1. The van der Waals surface area contributed by atoms with Crippen LogP contribution in [0.1, 0.15) is 31.4 Å². The molecular formula is C23H25FN4O3. The summed E-state index contributed by atoms with van der Waals surface area (Å²) in [4.78, 5) is 45.6. The Balaban J connectivity index is 1.27. The van der Waals surface area contributed by atoms with Gasteiger partial charge in [-0.2, -0.15) is 0 Å². The highest BCUT2D eigenvalue weighted by atomic mass is 19.1. The number of nitrogens with one attached hydrogen (secondary N) is 1. The zero-order chi connectivity index (χ0) is 21.8. The Morgan fingerprint density at radius 2 is 1.94 bits per heavy atom. The SMILES string of the molecule is O=C(CCC(=O)N1CCC2(CCN(Cc3ccccn3)C2=O)C1)Nc1cccc(F)c1. The monoisotopic (exact) mass is 424 g/mol. The van der Waals surface area contributed by atoms with Crippen molar-refractivity contribution in [3.63, 3.8) is 0 Å². The third kappa shape index (κ3) is 4.73. The Bertz CT molecular complexity index is 984. The highest BCUT2D eigenvalue weighted by Crippen LogP contribution is 2.41. The van der Waals surface area contributed by atoms with Gasteiger partial charge in [0.15, 0.2) is 0 Å². The molecule has 0 saturated carbocycles. The molecule has 1 aromatic carbocycles. The summed E-state index contributed by atoms with van der Waals surface area (Å²) in [5.41, 5.74) is 0.694. The lowest BCUT2D eigenvalue weighted by Gasteiger charge is -2.23. The van der Waals surface area contributed by atoms with Gasteiger partial charge < -0.3 is 15.1 Å². The van der Waals surface area contributed by atoms with Gasteiger partial charge in [0.2, 0.25) is 17.7 Å². The molecule has 8 heteroatoms. The van der Waals surface area contributed by atoms with Crippen molar-refractivity contribution in [3.8, 4) is 0 Å². The van der Waals surface area contributed by atoms with Crippen LogP contribution in [0.4, 0.5) is 10.1 Å². The van der Waals surface area contributed by atoms with Crippen LogP contribution in [0.3, 0.4) is 0 Å². The first-order valence-electron chi connectivity index (χ1n) is 10.5. The van der Waals surface area contributed by atoms with Crippen LogP contribution in [-0.2, 0) is 20.9 Å². The van der Waals surface area contributed by atoms with E-state index in [9.17, 15) is 18.8 Å². The Hall–Kier alpha value is -3.29. The number of amides is 3. The summed E-state index contributed by atoms with van der Waals surface area (Å²) < 4.78 is 13.2. The van der Waals surface area contributed by atoms with Crippen LogP contribution < -0.4 is 5.32 Å². The van der Waals surface area contributed by atoms with Crippen molar-refractivity contribution in [1.82, 2.24) is 14.8 Å². The number of halogens is 1. The fourth-order valence-electron chi connectivity index (χ4n) is 4.36. The van der Waals surface area contributed by atoms with Crippen molar-refractivity contribution in [3.05, 3.63) is 60.2 Å². The zero-order valence-corrected chi connectivity index (χ0v) is 17.2. The van der Waals surface area contributed by atoms with Gasteiger partial charge in [0.05, 0.1) is 17.7 Å². The molecule has 1 N–H and O–H groups in total. The maximum Gasteiger partial charge on any atom is 0.231 e. The third-order valence-electron chi connectivity index (χ3n) is 6.06. The first-order chi connectivity index (χ1) is 14.9. The molecule has 31 heavy (non-hydrogen) atoms. The van der Waals surface area contributed by atoms with Gasteiger partial charge >= 0.3 is 0 Å². The van der Waals surface area contributed by atoms with Gasteiger partial charge in [0, 0.05) is 44.4 Å². The average molecular weight is 424 g/mol. The topological polar surface area (TPSA) is 82.6 Å². The molecule has 3 heterocycles. The van der Waals surface area contributed by atoms with Gasteiger partial charge in [0.25, 0.3) is 0 Å². The molecule has 0 aliphatic carbocycles. The number of benzene rings is 1. The minimum atomic E-state index is -0.520. The lowest BCUT2D eigenvalue weighted by atomic mass is 9.85. The van der Waals surface area contributed by atoms with Gasteiger partial charge in [-0.15, -0.1) is 0 Å². The summed E-state index contributed by atoms with van der Waals surface area (Å²) in [5, 5.41) is 2.60. The van der Waals surface area contributed by atoms with Crippen LogP contribution in [0.5, 0.6) is 0 Å². The summed E-state index contributed by atoms with van der Waals surface area (Å²) in [5.74, 6) is -0.833. The number of carbonyl (C=O) groups excluding carboxylic acids is 3. The fourth-order valence-corrected chi connectivity index (χ4v) is 4.36. The Morgan fingerprint density at radius 3 is 2.71 bits per heavy atom. The molecule has 1 atom stereocenters. The molecule has 1 unspecified atom stereocenters. The molecule has 2 fully saturated rings. The Morgan fingerprint density at radius 1 is 1.10 bits per heavy atom. The van der Waals surface area contributed by atoms with E-state index in [-0.39, 0.29) is 30.6 Å². The van der Waals surface area contributed by atoms with Crippen LogP contribution in [0.2, 0.25) is 0 Å². The minimum Gasteiger partial charge on any atom is -0.342 e. The van der Waals surface area contributed by atoms with Gasteiger partial charge in [-0.25, -0.2) is 4.39 Å². The molecule has 1 spiro atoms. The standard InChI is InChI=1S/C23H25FN4O3/c24-17-4-3-6-18(14-17)26-20(29)7-8-21(30)28-13-10-23(16-28)9-12-27(22(23)31)15-19-5-1-2-11-25-19/h1-6,11,14H,7-10,12-13,15-16H2,(H,26,29). The van der Waals surface area contributed by atoms with E-state index in [4.69, 9.17) is 0 Å². The van der Waals surface area contributed by atoms with Crippen LogP contribution in [-0.4, -0.2) is 52.1 Å². The van der Waals surface area contributed by atoms with Crippen LogP contribution >= 0.6 is 0 Å². The number of carbonyl (C=O) groups is 3. The van der Waals surface area contributed by atoms with E-state index in [1.54, 1.807) is 17.2 Å². The molecular weight excluding hydrogens is 399 g/mol. The van der Waals surface area contributed by atoms with Crippen LogP contribution in [0, 0.1) is 11.2 Å². The Labute approximate surface area is 180 Å². The number of aromatic nitrogens is 1. The number of pyridine rings is 1. The first kappa shape index (κ1) is 21.0. The van der Waals surface area contributed by atoms with Crippen molar-refractivity contribution in [2.24, 2.45) is 5.41 Å². The van der Waals surface area contributed by atoms with E-state index in [0.29, 0.717) is 38.3 Å². The molecule has 7 nitrogen and oxygen atoms in total. The summed E-state index contributed by atoms with van der Waals surface area (Å²) in [6.45, 7) is 2.06. The average Bonchev–Trinajstić information content (AvgIpc) is 3.33. The molecule has 2 aliphatic rings. The highest BCUT2D eigenvalue weighted by Gasteiger charge is 2.51. The number of nitrogens with zero attached hydrogens (tertiary/aromatic N) is 3. The lowest BCUT2D eigenvalue weighted by molar-refractivity contribution is -0.137. The van der Waals surface area contributed by atoms with E-state index in [1.165, 1.54) is 18.2 Å². The largest absolute Gasteiger partial charge is 0.342 e. The quantitative estimate of drug-likeness (QED) is 0.773. The summed E-state index contributed by atoms with van der Waals surface area (Å²) in [6, 6.07) is 11.3. The van der Waals surface area contributed by atoms with E-state index in [2.05, 4.69) is 10.3 Å². The fraction of sp³-hybridized carbons (Fsp3) is 0.391. The summed E-state index contributed by atoms with van der Waals surface area (Å²) in [7, 11) is 0. The van der Waals surface area contributed by atoms with Crippen LogP contribution in [0.25, 0.3) is 0 Å². The van der Waals surface area contributed by atoms with E-state index >= 15 is 0 Å². The van der Waals surface area contributed by atoms with Crippen LogP contribution in [0.15, 0.2) is 48.7 Å². The third-order valence-corrected chi connectivity index (χ3v) is 6.06. The van der Waals surface area contributed by atoms with Gasteiger partial charge in [-0.3, -0.25) is 19.4 Å². The van der Waals surface area contributed by atoms with E-state index in [1.807, 2.05) is 23.1 Å². The maximum absolute atomic E-state index is 13.2. The summed E-state index contributed by atoms with van der Waals surface area (Å²) in [6.07, 6.45) is 3.15. The maximum atomic E-state index is 13.2. The second kappa shape index (κ2) is 8.83. The highest BCUT2D eigenvalue weighted by molar-refractivity contribution is 5.93. The predicted molar refractivity (Wildman–Crippen MR) is 112 cm³/mol. The molecule has 1 aromatic heterocycles. The molecule has 0 bridgehead atoms.